The van der Waals surface area contributed by atoms with Gasteiger partial charge in [0.2, 0.25) is 6.41 Å². The van der Waals surface area contributed by atoms with Gasteiger partial charge in [-0.15, -0.1) is 11.3 Å². The molecule has 0 saturated heterocycles. The Morgan fingerprint density at radius 3 is 3.00 bits per heavy atom. The van der Waals surface area contributed by atoms with Crippen LogP contribution in [0, 0.1) is 12.8 Å². The lowest BCUT2D eigenvalue weighted by Crippen LogP contribution is -2.22. The van der Waals surface area contributed by atoms with Crippen molar-refractivity contribution in [3.05, 3.63) is 23.2 Å². The van der Waals surface area contributed by atoms with Gasteiger partial charge in [0, 0.05) is 11.6 Å². The quantitative estimate of drug-likeness (QED) is 0.386. The smallest absolute Gasteiger partial charge is 0.227 e. The molecule has 0 aliphatic heterocycles. The van der Waals surface area contributed by atoms with Crippen molar-refractivity contribution < 1.29 is 4.79 Å². The Balaban J connectivity index is 2.58. The number of hydrazone groups is 1. The van der Waals surface area contributed by atoms with Crippen LogP contribution in [0.3, 0.4) is 0 Å². The molecule has 0 unspecified atom stereocenters. The molecule has 2 rings (SSSR count). The first-order valence-electron chi connectivity index (χ1n) is 5.47. The number of thiophene rings is 1. The Morgan fingerprint density at radius 1 is 1.59 bits per heavy atom. The second-order valence-electron chi connectivity index (χ2n) is 4.16. The first-order valence-corrected chi connectivity index (χ1v) is 6.35. The van der Waals surface area contributed by atoms with Gasteiger partial charge in [-0.05, 0) is 24.4 Å². The molecule has 0 aliphatic rings. The molecule has 0 spiro atoms. The van der Waals surface area contributed by atoms with Crippen LogP contribution in [0.15, 0.2) is 22.6 Å². The van der Waals surface area contributed by atoms with Gasteiger partial charge in [-0.25, -0.2) is 5.43 Å². The first kappa shape index (κ1) is 11.9. The molecule has 4 nitrogen and oxygen atoms in total. The summed E-state index contributed by atoms with van der Waals surface area (Å²) in [4.78, 5) is 10.4. The molecule has 1 amide bonds. The molecule has 0 bridgehead atoms. The third-order valence-electron chi connectivity index (χ3n) is 2.58. The molecule has 5 heteroatoms. The summed E-state index contributed by atoms with van der Waals surface area (Å²) in [6.07, 6.45) is 0.589. The Hall–Kier alpha value is -1.62. The Kier molecular flexibility index (Phi) is 3.28. The summed E-state index contributed by atoms with van der Waals surface area (Å²) < 4.78 is 3.33. The van der Waals surface area contributed by atoms with Crippen LogP contribution < -0.4 is 5.43 Å². The number of rotatable bonds is 3. The summed E-state index contributed by atoms with van der Waals surface area (Å²) in [5, 5.41) is 6.20. The fourth-order valence-corrected chi connectivity index (χ4v) is 2.75. The molecule has 1 N–H and O–H groups in total. The maximum Gasteiger partial charge on any atom is 0.227 e. The maximum atomic E-state index is 10.4. The van der Waals surface area contributed by atoms with Crippen molar-refractivity contribution in [2.24, 2.45) is 11.0 Å². The minimum Gasteiger partial charge on any atom is -0.299 e. The van der Waals surface area contributed by atoms with Gasteiger partial charge in [-0.1, -0.05) is 13.8 Å². The SMILES string of the molecule is Cc1cc2sccc2n1/C(=N\NC=O)C(C)C. The third kappa shape index (κ3) is 2.10. The number of aryl methyl sites for hydroxylation is 1. The Morgan fingerprint density at radius 2 is 2.35 bits per heavy atom. The highest BCUT2D eigenvalue weighted by Gasteiger charge is 2.14. The van der Waals surface area contributed by atoms with Crippen molar-refractivity contribution in [1.82, 2.24) is 9.99 Å². The summed E-state index contributed by atoms with van der Waals surface area (Å²) in [5.74, 6) is 1.08. The van der Waals surface area contributed by atoms with E-state index in [4.69, 9.17) is 0 Å². The van der Waals surface area contributed by atoms with E-state index >= 15 is 0 Å². The molecule has 0 aromatic carbocycles. The number of hydrogen-bond acceptors (Lipinski definition) is 3. The van der Waals surface area contributed by atoms with Gasteiger partial charge in [-0.3, -0.25) is 9.36 Å². The lowest BCUT2D eigenvalue weighted by molar-refractivity contribution is -0.109. The van der Waals surface area contributed by atoms with Crippen LogP contribution >= 0.6 is 11.3 Å². The topological polar surface area (TPSA) is 46.4 Å². The average molecular weight is 249 g/mol. The summed E-state index contributed by atoms with van der Waals surface area (Å²) in [7, 11) is 0. The fraction of sp³-hybridized carbons (Fsp3) is 0.333. The molecule has 0 saturated carbocycles. The number of nitrogens with one attached hydrogen (secondary N) is 1. The normalized spacial score (nSPS) is 12.4. The van der Waals surface area contributed by atoms with Crippen molar-refractivity contribution in [2.45, 2.75) is 20.8 Å². The van der Waals surface area contributed by atoms with Crippen molar-refractivity contribution in [3.8, 4) is 0 Å². The highest BCUT2D eigenvalue weighted by molar-refractivity contribution is 7.17. The highest BCUT2D eigenvalue weighted by Crippen LogP contribution is 2.25. The van der Waals surface area contributed by atoms with Gasteiger partial charge in [-0.2, -0.15) is 5.10 Å². The second kappa shape index (κ2) is 4.71. The van der Waals surface area contributed by atoms with E-state index in [1.807, 2.05) is 6.92 Å². The molecule has 2 heterocycles. The molecular weight excluding hydrogens is 234 g/mol. The maximum absolute atomic E-state index is 10.4. The van der Waals surface area contributed by atoms with E-state index in [-0.39, 0.29) is 5.92 Å². The first-order chi connectivity index (χ1) is 8.15. The Labute approximate surface area is 104 Å². The number of aromatic nitrogens is 1. The number of hydrogen-bond donors (Lipinski definition) is 1. The van der Waals surface area contributed by atoms with E-state index in [9.17, 15) is 4.79 Å². The summed E-state index contributed by atoms with van der Waals surface area (Å²) in [5.41, 5.74) is 4.67. The minimum absolute atomic E-state index is 0.233. The fourth-order valence-electron chi connectivity index (χ4n) is 1.89. The van der Waals surface area contributed by atoms with Crippen molar-refractivity contribution in [2.75, 3.05) is 0 Å². The number of fused-ring (bicyclic) bond motifs is 1. The number of carbonyl (C=O) groups excluding carboxylic acids is 1. The van der Waals surface area contributed by atoms with E-state index < -0.39 is 0 Å². The zero-order valence-corrected chi connectivity index (χ0v) is 10.9. The van der Waals surface area contributed by atoms with E-state index in [0.29, 0.717) is 6.41 Å². The molecule has 0 atom stereocenters. The molecule has 0 aliphatic carbocycles. The summed E-state index contributed by atoms with van der Waals surface area (Å²) >= 11 is 1.71. The molecule has 17 heavy (non-hydrogen) atoms. The predicted molar refractivity (Wildman–Crippen MR) is 71.4 cm³/mol. The molecule has 0 fully saturated rings. The number of amides is 1. The van der Waals surface area contributed by atoms with Gasteiger partial charge in [0.15, 0.2) is 0 Å². The third-order valence-corrected chi connectivity index (χ3v) is 3.44. The van der Waals surface area contributed by atoms with Crippen molar-refractivity contribution in [1.29, 1.82) is 0 Å². The van der Waals surface area contributed by atoms with Crippen LogP contribution in [0.2, 0.25) is 0 Å². The van der Waals surface area contributed by atoms with Gasteiger partial charge >= 0.3 is 0 Å². The van der Waals surface area contributed by atoms with Crippen molar-refractivity contribution in [3.63, 3.8) is 0 Å². The second-order valence-corrected chi connectivity index (χ2v) is 5.11. The van der Waals surface area contributed by atoms with Crippen LogP contribution in [-0.2, 0) is 4.79 Å². The monoisotopic (exact) mass is 249 g/mol. The summed E-state index contributed by atoms with van der Waals surface area (Å²) in [6, 6.07) is 4.21. The standard InChI is InChI=1S/C12H15N3OS/c1-8(2)12(14-13-7-16)15-9(3)6-11-10(15)4-5-17-11/h4-8H,1-3H3,(H,13,16)/b14-12-. The van der Waals surface area contributed by atoms with Crippen molar-refractivity contribution >= 4 is 33.8 Å². The van der Waals surface area contributed by atoms with Gasteiger partial charge in [0.1, 0.15) is 5.84 Å². The van der Waals surface area contributed by atoms with E-state index in [1.54, 1.807) is 11.3 Å². The molecule has 90 valence electrons. The van der Waals surface area contributed by atoms with Crippen LogP contribution in [0.5, 0.6) is 0 Å². The lowest BCUT2D eigenvalue weighted by atomic mass is 10.2. The minimum atomic E-state index is 0.233. The predicted octanol–water partition coefficient (Wildman–Crippen LogP) is 2.57. The lowest BCUT2D eigenvalue weighted by Gasteiger charge is -2.14. The molecule has 2 aromatic rings. The van der Waals surface area contributed by atoms with E-state index in [0.717, 1.165) is 17.0 Å². The summed E-state index contributed by atoms with van der Waals surface area (Å²) in [6.45, 7) is 6.16. The Bertz CT molecular complexity index is 565. The number of nitrogens with zero attached hydrogens (tertiary/aromatic N) is 2. The van der Waals surface area contributed by atoms with Crippen LogP contribution in [-0.4, -0.2) is 16.8 Å². The zero-order chi connectivity index (χ0) is 12.4. The van der Waals surface area contributed by atoms with Gasteiger partial charge in [0.05, 0.1) is 10.2 Å². The van der Waals surface area contributed by atoms with E-state index in [2.05, 4.69) is 46.5 Å². The van der Waals surface area contributed by atoms with Gasteiger partial charge in [0.25, 0.3) is 0 Å². The highest BCUT2D eigenvalue weighted by atomic mass is 32.1. The van der Waals surface area contributed by atoms with E-state index in [1.165, 1.54) is 4.70 Å². The van der Waals surface area contributed by atoms with Crippen LogP contribution in [0.25, 0.3) is 10.2 Å². The molecule has 0 radical (unpaired) electrons. The van der Waals surface area contributed by atoms with Crippen LogP contribution in [0.4, 0.5) is 0 Å². The largest absolute Gasteiger partial charge is 0.299 e. The van der Waals surface area contributed by atoms with Crippen LogP contribution in [0.1, 0.15) is 19.5 Å². The number of carbonyl (C=O) groups is 1. The zero-order valence-electron chi connectivity index (χ0n) is 10.1. The van der Waals surface area contributed by atoms with Gasteiger partial charge < -0.3 is 0 Å². The molecular formula is C12H15N3OS. The molecule has 2 aromatic heterocycles. The average Bonchev–Trinajstić information content (AvgIpc) is 2.81.